The van der Waals surface area contributed by atoms with Gasteiger partial charge in [-0.05, 0) is 43.3 Å². The highest BCUT2D eigenvalue weighted by Crippen LogP contribution is 2.28. The molecule has 0 aliphatic carbocycles. The highest BCUT2D eigenvalue weighted by atomic mass is 35.5. The van der Waals surface area contributed by atoms with E-state index in [0.717, 1.165) is 19.0 Å². The van der Waals surface area contributed by atoms with E-state index in [-0.39, 0.29) is 18.3 Å². The first-order valence-corrected chi connectivity index (χ1v) is 8.33. The predicted octanol–water partition coefficient (Wildman–Crippen LogP) is 2.41. The molecule has 0 saturated carbocycles. The van der Waals surface area contributed by atoms with Crippen LogP contribution < -0.4 is 11.1 Å². The van der Waals surface area contributed by atoms with E-state index in [2.05, 4.69) is 34.7 Å². The molecule has 21 heavy (non-hydrogen) atoms. The Morgan fingerprint density at radius 2 is 2.24 bits per heavy atom. The SMILES string of the molecule is CC1CCN(C(CNC(=O)CCN)c2cccs2)CC1.Cl. The summed E-state index contributed by atoms with van der Waals surface area (Å²) in [6.07, 6.45) is 2.91. The number of nitrogens with zero attached hydrogens (tertiary/aromatic N) is 1. The Morgan fingerprint density at radius 1 is 1.52 bits per heavy atom. The van der Waals surface area contributed by atoms with Gasteiger partial charge in [-0.2, -0.15) is 0 Å². The third kappa shape index (κ3) is 5.58. The van der Waals surface area contributed by atoms with Gasteiger partial charge in [-0.25, -0.2) is 0 Å². The van der Waals surface area contributed by atoms with Gasteiger partial charge in [-0.1, -0.05) is 13.0 Å². The van der Waals surface area contributed by atoms with Crippen LogP contribution in [0, 0.1) is 5.92 Å². The van der Waals surface area contributed by atoms with Crippen molar-refractivity contribution >= 4 is 29.7 Å². The van der Waals surface area contributed by atoms with E-state index in [1.54, 1.807) is 11.3 Å². The monoisotopic (exact) mass is 331 g/mol. The summed E-state index contributed by atoms with van der Waals surface area (Å²) in [5, 5.41) is 5.13. The van der Waals surface area contributed by atoms with E-state index >= 15 is 0 Å². The molecule has 1 amide bonds. The number of hydrogen-bond donors (Lipinski definition) is 2. The van der Waals surface area contributed by atoms with Crippen LogP contribution >= 0.6 is 23.7 Å². The first-order valence-electron chi connectivity index (χ1n) is 7.45. The lowest BCUT2D eigenvalue weighted by Gasteiger charge is -2.36. The summed E-state index contributed by atoms with van der Waals surface area (Å²) in [4.78, 5) is 15.5. The van der Waals surface area contributed by atoms with Gasteiger partial charge < -0.3 is 11.1 Å². The minimum Gasteiger partial charge on any atom is -0.354 e. The van der Waals surface area contributed by atoms with Crippen LogP contribution in [0.1, 0.15) is 37.1 Å². The first kappa shape index (κ1) is 18.4. The van der Waals surface area contributed by atoms with Crippen LogP contribution in [-0.4, -0.2) is 37.0 Å². The molecule has 1 unspecified atom stereocenters. The zero-order valence-electron chi connectivity index (χ0n) is 12.6. The van der Waals surface area contributed by atoms with Gasteiger partial charge in [0.1, 0.15) is 0 Å². The Balaban J connectivity index is 0.00000220. The van der Waals surface area contributed by atoms with Crippen LogP contribution in [0.5, 0.6) is 0 Å². The summed E-state index contributed by atoms with van der Waals surface area (Å²) in [6.45, 7) is 5.66. The van der Waals surface area contributed by atoms with Crippen molar-refractivity contribution in [1.29, 1.82) is 0 Å². The standard InChI is InChI=1S/C15H25N3OS.ClH/c1-12-5-8-18(9-6-12)13(14-3-2-10-20-14)11-17-15(19)4-7-16;/h2-3,10,12-13H,4-9,11,16H2,1H3,(H,17,19);1H. The topological polar surface area (TPSA) is 58.4 Å². The average Bonchev–Trinajstić information content (AvgIpc) is 2.95. The molecule has 1 aliphatic heterocycles. The predicted molar refractivity (Wildman–Crippen MR) is 91.0 cm³/mol. The van der Waals surface area contributed by atoms with E-state index < -0.39 is 0 Å². The van der Waals surface area contributed by atoms with E-state index in [1.165, 1.54) is 17.7 Å². The number of rotatable bonds is 6. The fourth-order valence-electron chi connectivity index (χ4n) is 2.66. The molecule has 1 aliphatic rings. The Bertz CT molecular complexity index is 405. The van der Waals surface area contributed by atoms with Crippen molar-refractivity contribution in [2.75, 3.05) is 26.2 Å². The van der Waals surface area contributed by atoms with E-state index in [9.17, 15) is 4.79 Å². The van der Waals surface area contributed by atoms with Crippen molar-refractivity contribution < 1.29 is 4.79 Å². The summed E-state index contributed by atoms with van der Waals surface area (Å²) in [6, 6.07) is 4.56. The number of nitrogens with one attached hydrogen (secondary N) is 1. The molecule has 2 heterocycles. The molecule has 1 fully saturated rings. The maximum absolute atomic E-state index is 11.6. The van der Waals surface area contributed by atoms with E-state index in [0.29, 0.717) is 25.6 Å². The van der Waals surface area contributed by atoms with Crippen LogP contribution in [-0.2, 0) is 4.79 Å². The molecular formula is C15H26ClN3OS. The van der Waals surface area contributed by atoms with Crippen molar-refractivity contribution in [2.45, 2.75) is 32.2 Å². The lowest BCUT2D eigenvalue weighted by atomic mass is 9.97. The molecule has 0 aromatic carbocycles. The third-order valence-electron chi connectivity index (χ3n) is 3.99. The smallest absolute Gasteiger partial charge is 0.221 e. The Morgan fingerprint density at radius 3 is 2.81 bits per heavy atom. The van der Waals surface area contributed by atoms with Crippen LogP contribution in [0.25, 0.3) is 0 Å². The average molecular weight is 332 g/mol. The fourth-order valence-corrected chi connectivity index (χ4v) is 3.52. The van der Waals surface area contributed by atoms with Gasteiger partial charge in [0.15, 0.2) is 0 Å². The third-order valence-corrected chi connectivity index (χ3v) is 4.97. The number of likely N-dealkylation sites (tertiary alicyclic amines) is 1. The van der Waals surface area contributed by atoms with Crippen molar-refractivity contribution in [3.8, 4) is 0 Å². The lowest BCUT2D eigenvalue weighted by Crippen LogP contribution is -2.41. The highest BCUT2D eigenvalue weighted by molar-refractivity contribution is 7.10. The molecule has 0 bridgehead atoms. The first-order chi connectivity index (χ1) is 9.70. The number of hydrogen-bond acceptors (Lipinski definition) is 4. The molecule has 0 radical (unpaired) electrons. The molecule has 3 N–H and O–H groups in total. The van der Waals surface area contributed by atoms with Crippen molar-refractivity contribution in [2.24, 2.45) is 11.7 Å². The summed E-state index contributed by atoms with van der Waals surface area (Å²) in [7, 11) is 0. The molecule has 0 spiro atoms. The number of amides is 1. The molecule has 120 valence electrons. The number of carbonyl (C=O) groups is 1. The van der Waals surface area contributed by atoms with Crippen LogP contribution in [0.3, 0.4) is 0 Å². The quantitative estimate of drug-likeness (QED) is 0.841. The summed E-state index contributed by atoms with van der Waals surface area (Å²) < 4.78 is 0. The van der Waals surface area contributed by atoms with Crippen molar-refractivity contribution in [3.05, 3.63) is 22.4 Å². The van der Waals surface area contributed by atoms with Crippen LogP contribution in [0.15, 0.2) is 17.5 Å². The fraction of sp³-hybridized carbons (Fsp3) is 0.667. The minimum atomic E-state index is 0. The van der Waals surface area contributed by atoms with E-state index in [4.69, 9.17) is 5.73 Å². The summed E-state index contributed by atoms with van der Waals surface area (Å²) in [5.74, 6) is 0.876. The Labute approximate surface area is 137 Å². The normalized spacial score (nSPS) is 18.0. The minimum absolute atomic E-state index is 0. The molecular weight excluding hydrogens is 306 g/mol. The Hall–Kier alpha value is -0.620. The largest absolute Gasteiger partial charge is 0.354 e. The Kier molecular flexibility index (Phi) is 8.26. The van der Waals surface area contributed by atoms with Gasteiger partial charge in [0.2, 0.25) is 5.91 Å². The lowest BCUT2D eigenvalue weighted by molar-refractivity contribution is -0.121. The van der Waals surface area contributed by atoms with Gasteiger partial charge in [-0.3, -0.25) is 9.69 Å². The maximum Gasteiger partial charge on any atom is 0.221 e. The number of halogens is 1. The molecule has 4 nitrogen and oxygen atoms in total. The molecule has 1 atom stereocenters. The zero-order chi connectivity index (χ0) is 14.4. The second-order valence-electron chi connectivity index (χ2n) is 5.59. The van der Waals surface area contributed by atoms with Gasteiger partial charge >= 0.3 is 0 Å². The van der Waals surface area contributed by atoms with Gasteiger partial charge in [0.25, 0.3) is 0 Å². The van der Waals surface area contributed by atoms with Gasteiger partial charge in [0.05, 0.1) is 6.04 Å². The number of carbonyl (C=O) groups excluding carboxylic acids is 1. The summed E-state index contributed by atoms with van der Waals surface area (Å²) in [5.41, 5.74) is 5.42. The molecule has 1 aromatic heterocycles. The molecule has 2 rings (SSSR count). The second kappa shape index (κ2) is 9.41. The molecule has 6 heteroatoms. The van der Waals surface area contributed by atoms with Gasteiger partial charge in [0, 0.05) is 24.4 Å². The number of thiophene rings is 1. The molecule has 1 aromatic rings. The number of piperidine rings is 1. The molecule has 1 saturated heterocycles. The second-order valence-corrected chi connectivity index (χ2v) is 6.57. The zero-order valence-corrected chi connectivity index (χ0v) is 14.2. The van der Waals surface area contributed by atoms with Gasteiger partial charge in [-0.15, -0.1) is 23.7 Å². The highest BCUT2D eigenvalue weighted by Gasteiger charge is 2.25. The van der Waals surface area contributed by atoms with Crippen molar-refractivity contribution in [3.63, 3.8) is 0 Å². The van der Waals surface area contributed by atoms with Crippen LogP contribution in [0.2, 0.25) is 0 Å². The maximum atomic E-state index is 11.6. The summed E-state index contributed by atoms with van der Waals surface area (Å²) >= 11 is 1.77. The van der Waals surface area contributed by atoms with Crippen LogP contribution in [0.4, 0.5) is 0 Å². The number of nitrogens with two attached hydrogens (primary N) is 1. The van der Waals surface area contributed by atoms with E-state index in [1.807, 2.05) is 0 Å². The van der Waals surface area contributed by atoms with Crippen molar-refractivity contribution in [1.82, 2.24) is 10.2 Å².